The summed E-state index contributed by atoms with van der Waals surface area (Å²) in [5, 5.41) is 0. The summed E-state index contributed by atoms with van der Waals surface area (Å²) in [5.41, 5.74) is 0. The van der Waals surface area contributed by atoms with Crippen LogP contribution in [0, 0.1) is 0 Å². The molecule has 61 heavy (non-hydrogen) atoms. The minimum Gasteiger partial charge on any atom is -0.462 e. The van der Waals surface area contributed by atoms with E-state index in [1.165, 1.54) is 116 Å². The Labute approximate surface area is 377 Å². The van der Waals surface area contributed by atoms with Crippen LogP contribution in [0.15, 0.2) is 60.8 Å². The molecule has 0 N–H and O–H groups in total. The molecule has 0 bridgehead atoms. The summed E-state index contributed by atoms with van der Waals surface area (Å²) in [5.74, 6) is -0.885. The van der Waals surface area contributed by atoms with Crippen molar-refractivity contribution in [3.8, 4) is 0 Å². The Kier molecular flexibility index (Phi) is 47.4. The molecule has 0 fully saturated rings. The van der Waals surface area contributed by atoms with Gasteiger partial charge in [-0.1, -0.05) is 229 Å². The molecule has 6 nitrogen and oxygen atoms in total. The first-order chi connectivity index (χ1) is 30.0. The van der Waals surface area contributed by atoms with Gasteiger partial charge >= 0.3 is 17.9 Å². The zero-order chi connectivity index (χ0) is 44.4. The lowest BCUT2D eigenvalue weighted by Crippen LogP contribution is -2.30. The maximum Gasteiger partial charge on any atom is 0.306 e. The van der Waals surface area contributed by atoms with Crippen LogP contribution >= 0.6 is 0 Å². The number of unbranched alkanes of at least 4 members (excludes halogenated alkanes) is 25. The normalized spacial score (nSPS) is 12.5. The van der Waals surface area contributed by atoms with Gasteiger partial charge in [-0.2, -0.15) is 0 Å². The van der Waals surface area contributed by atoms with Crippen LogP contribution in [0.4, 0.5) is 0 Å². The predicted molar refractivity (Wildman–Crippen MR) is 261 cm³/mol. The Bertz CT molecular complexity index is 1120. The minimum atomic E-state index is -0.772. The van der Waals surface area contributed by atoms with E-state index in [1.54, 1.807) is 0 Å². The SMILES string of the molecule is CC/C=C\C/C=C\C/C=C\C/C=C\C/C=C\CCCCCCCCCC(=O)OCC(COC(=O)CCCCCCCCCCCC)OC(=O)CCCCCCCCCCCC. The smallest absolute Gasteiger partial charge is 0.306 e. The maximum absolute atomic E-state index is 12.7. The lowest BCUT2D eigenvalue weighted by atomic mass is 10.1. The summed E-state index contributed by atoms with van der Waals surface area (Å²) in [6.45, 7) is 6.49. The number of hydrogen-bond acceptors (Lipinski definition) is 6. The van der Waals surface area contributed by atoms with Gasteiger partial charge in [-0.15, -0.1) is 0 Å². The largest absolute Gasteiger partial charge is 0.462 e. The molecule has 0 aliphatic heterocycles. The van der Waals surface area contributed by atoms with Crippen molar-refractivity contribution < 1.29 is 28.6 Å². The summed E-state index contributed by atoms with van der Waals surface area (Å²) in [4.78, 5) is 37.8. The first kappa shape index (κ1) is 58.1. The van der Waals surface area contributed by atoms with Crippen LogP contribution in [0.1, 0.15) is 252 Å². The molecule has 0 heterocycles. The van der Waals surface area contributed by atoms with E-state index in [4.69, 9.17) is 14.2 Å². The highest BCUT2D eigenvalue weighted by molar-refractivity contribution is 5.71. The second-order valence-corrected chi connectivity index (χ2v) is 17.1. The van der Waals surface area contributed by atoms with E-state index in [9.17, 15) is 14.4 Å². The lowest BCUT2D eigenvalue weighted by molar-refractivity contribution is -0.167. The molecule has 0 aromatic heterocycles. The molecule has 0 saturated heterocycles. The number of allylic oxidation sites excluding steroid dienone is 10. The fourth-order valence-electron chi connectivity index (χ4n) is 7.17. The third-order valence-electron chi connectivity index (χ3n) is 11.0. The van der Waals surface area contributed by atoms with Crippen molar-refractivity contribution in [2.75, 3.05) is 13.2 Å². The van der Waals surface area contributed by atoms with Gasteiger partial charge in [0, 0.05) is 19.3 Å². The zero-order valence-corrected chi connectivity index (χ0v) is 40.2. The number of carbonyl (C=O) groups is 3. The summed E-state index contributed by atoms with van der Waals surface area (Å²) >= 11 is 0. The Balaban J connectivity index is 4.25. The topological polar surface area (TPSA) is 78.9 Å². The van der Waals surface area contributed by atoms with Crippen molar-refractivity contribution in [2.45, 2.75) is 258 Å². The molecule has 0 rings (SSSR count). The van der Waals surface area contributed by atoms with Gasteiger partial charge in [0.25, 0.3) is 0 Å². The number of ether oxygens (including phenoxy) is 3. The van der Waals surface area contributed by atoms with E-state index < -0.39 is 6.10 Å². The lowest BCUT2D eigenvalue weighted by Gasteiger charge is -2.18. The van der Waals surface area contributed by atoms with Crippen LogP contribution in [-0.2, 0) is 28.6 Å². The molecule has 0 aromatic carbocycles. The molecule has 0 aromatic rings. The molecule has 6 heteroatoms. The molecule has 0 spiro atoms. The number of rotatable bonds is 46. The minimum absolute atomic E-state index is 0.0747. The average Bonchev–Trinajstić information content (AvgIpc) is 3.26. The third-order valence-corrected chi connectivity index (χ3v) is 11.0. The molecule has 0 saturated carbocycles. The molecule has 352 valence electrons. The van der Waals surface area contributed by atoms with Gasteiger partial charge in [-0.05, 0) is 64.2 Å². The van der Waals surface area contributed by atoms with Gasteiger partial charge < -0.3 is 14.2 Å². The van der Waals surface area contributed by atoms with Crippen LogP contribution < -0.4 is 0 Å². The quantitative estimate of drug-likeness (QED) is 0.0263. The Morgan fingerprint density at radius 3 is 1.00 bits per heavy atom. The fourth-order valence-corrected chi connectivity index (χ4v) is 7.17. The van der Waals surface area contributed by atoms with Gasteiger partial charge in [0.05, 0.1) is 0 Å². The van der Waals surface area contributed by atoms with Gasteiger partial charge in [0.1, 0.15) is 13.2 Å². The van der Waals surface area contributed by atoms with Gasteiger partial charge in [-0.25, -0.2) is 0 Å². The van der Waals surface area contributed by atoms with E-state index >= 15 is 0 Å². The maximum atomic E-state index is 12.7. The highest BCUT2D eigenvalue weighted by atomic mass is 16.6. The summed E-state index contributed by atoms with van der Waals surface area (Å²) in [7, 11) is 0. The molecule has 0 aliphatic rings. The standard InChI is InChI=1S/C55H96O6/c1-4-7-10-13-16-19-22-23-24-25-26-27-28-29-30-31-32-33-34-37-39-42-45-48-54(57)60-51-52(61-55(58)49-46-43-40-36-21-18-15-12-9-6-3)50-59-53(56)47-44-41-38-35-20-17-14-11-8-5-2/h7,10,16,19,23-24,26-27,29-30,52H,4-6,8-9,11-15,17-18,20-22,25,28,31-51H2,1-3H3/b10-7-,19-16-,24-23-,27-26-,30-29-. The number of esters is 3. The van der Waals surface area contributed by atoms with E-state index in [0.29, 0.717) is 19.3 Å². The monoisotopic (exact) mass is 853 g/mol. The molecule has 1 unspecified atom stereocenters. The molecule has 1 atom stereocenters. The van der Waals surface area contributed by atoms with Gasteiger partial charge in [0.15, 0.2) is 6.10 Å². The fraction of sp³-hybridized carbons (Fsp3) is 0.764. The average molecular weight is 853 g/mol. The molecular weight excluding hydrogens is 757 g/mol. The molecule has 0 amide bonds. The van der Waals surface area contributed by atoms with Crippen LogP contribution in [0.2, 0.25) is 0 Å². The second-order valence-electron chi connectivity index (χ2n) is 17.1. The van der Waals surface area contributed by atoms with Gasteiger partial charge in [-0.3, -0.25) is 14.4 Å². The van der Waals surface area contributed by atoms with E-state index in [2.05, 4.69) is 81.5 Å². The summed E-state index contributed by atoms with van der Waals surface area (Å²) in [6.07, 6.45) is 60.7. The molecular formula is C55H96O6. The molecule has 0 radical (unpaired) electrons. The van der Waals surface area contributed by atoms with Crippen LogP contribution in [0.25, 0.3) is 0 Å². The van der Waals surface area contributed by atoms with Gasteiger partial charge in [0.2, 0.25) is 0 Å². The first-order valence-corrected chi connectivity index (χ1v) is 25.8. The number of hydrogen-bond donors (Lipinski definition) is 0. The van der Waals surface area contributed by atoms with Crippen molar-refractivity contribution in [3.05, 3.63) is 60.8 Å². The van der Waals surface area contributed by atoms with Crippen molar-refractivity contribution in [2.24, 2.45) is 0 Å². The Morgan fingerprint density at radius 2 is 0.639 bits per heavy atom. The van der Waals surface area contributed by atoms with Crippen LogP contribution in [0.5, 0.6) is 0 Å². The first-order valence-electron chi connectivity index (χ1n) is 25.8. The zero-order valence-electron chi connectivity index (χ0n) is 40.2. The summed E-state index contributed by atoms with van der Waals surface area (Å²) < 4.78 is 16.7. The highest BCUT2D eigenvalue weighted by Gasteiger charge is 2.19. The predicted octanol–water partition coefficient (Wildman–Crippen LogP) is 16.9. The Hall–Kier alpha value is -2.89. The Morgan fingerprint density at radius 1 is 0.344 bits per heavy atom. The highest BCUT2D eigenvalue weighted by Crippen LogP contribution is 2.15. The third kappa shape index (κ3) is 48.0. The van der Waals surface area contributed by atoms with Crippen LogP contribution in [0.3, 0.4) is 0 Å². The van der Waals surface area contributed by atoms with Crippen molar-refractivity contribution in [1.29, 1.82) is 0 Å². The van der Waals surface area contributed by atoms with E-state index in [1.807, 2.05) is 0 Å². The molecule has 0 aliphatic carbocycles. The van der Waals surface area contributed by atoms with Crippen molar-refractivity contribution in [1.82, 2.24) is 0 Å². The summed E-state index contributed by atoms with van der Waals surface area (Å²) in [6, 6.07) is 0. The van der Waals surface area contributed by atoms with Crippen molar-refractivity contribution >= 4 is 17.9 Å². The van der Waals surface area contributed by atoms with E-state index in [0.717, 1.165) is 96.3 Å². The van der Waals surface area contributed by atoms with E-state index in [-0.39, 0.29) is 31.1 Å². The number of carbonyl (C=O) groups excluding carboxylic acids is 3. The van der Waals surface area contributed by atoms with Crippen molar-refractivity contribution in [3.63, 3.8) is 0 Å². The van der Waals surface area contributed by atoms with Crippen LogP contribution in [-0.4, -0.2) is 37.2 Å². The second kappa shape index (κ2) is 49.8.